The molecule has 7 heteroatoms. The lowest BCUT2D eigenvalue weighted by atomic mass is 10.1. The highest BCUT2D eigenvalue weighted by Gasteiger charge is 2.22. The average Bonchev–Trinajstić information content (AvgIpc) is 2.73. The van der Waals surface area contributed by atoms with Gasteiger partial charge in [0.15, 0.2) is 0 Å². The first-order valence-electron chi connectivity index (χ1n) is 6.43. The summed E-state index contributed by atoms with van der Waals surface area (Å²) in [5.74, 6) is 0. The Morgan fingerprint density at radius 1 is 1.48 bits per heavy atom. The van der Waals surface area contributed by atoms with Gasteiger partial charge in [0.25, 0.3) is 0 Å². The van der Waals surface area contributed by atoms with Crippen molar-refractivity contribution in [1.29, 1.82) is 0 Å². The zero-order valence-electron chi connectivity index (χ0n) is 12.0. The zero-order chi connectivity index (χ0) is 15.8. The summed E-state index contributed by atoms with van der Waals surface area (Å²) in [6.07, 6.45) is -1.57. The lowest BCUT2D eigenvalue weighted by Crippen LogP contribution is -2.27. The molecule has 1 heterocycles. The third kappa shape index (κ3) is 3.53. The third-order valence-corrected chi connectivity index (χ3v) is 3.58. The van der Waals surface area contributed by atoms with Crippen molar-refractivity contribution < 1.29 is 19.7 Å². The first-order chi connectivity index (χ1) is 9.73. The average molecular weight is 404 g/mol. The van der Waals surface area contributed by atoms with Gasteiger partial charge >= 0.3 is 6.09 Å². The molecule has 0 fully saturated rings. The van der Waals surface area contributed by atoms with Crippen molar-refractivity contribution in [3.05, 3.63) is 27.5 Å². The third-order valence-electron chi connectivity index (χ3n) is 2.78. The maximum atomic E-state index is 12.2. The maximum Gasteiger partial charge on any atom is 0.435 e. The Morgan fingerprint density at radius 3 is 2.71 bits per heavy atom. The molecule has 0 aliphatic carbocycles. The number of nitrogens with zero attached hydrogens (tertiary/aromatic N) is 2. The fraction of sp³-hybridized carbons (Fsp3) is 0.429. The second-order valence-corrected chi connectivity index (χ2v) is 6.68. The van der Waals surface area contributed by atoms with Gasteiger partial charge in [-0.2, -0.15) is 9.78 Å². The van der Waals surface area contributed by atoms with Crippen molar-refractivity contribution in [3.8, 4) is 0 Å². The molecule has 0 saturated heterocycles. The highest BCUT2D eigenvalue weighted by molar-refractivity contribution is 14.1. The largest absolute Gasteiger partial charge is 0.442 e. The Labute approximate surface area is 135 Å². The minimum atomic E-state index is -0.992. The fourth-order valence-corrected chi connectivity index (χ4v) is 2.52. The van der Waals surface area contributed by atoms with Gasteiger partial charge in [-0.1, -0.05) is 6.07 Å². The summed E-state index contributed by atoms with van der Waals surface area (Å²) in [5, 5.41) is 23.7. The summed E-state index contributed by atoms with van der Waals surface area (Å²) >= 11 is 2.04. The van der Waals surface area contributed by atoms with E-state index in [-0.39, 0.29) is 6.61 Å². The van der Waals surface area contributed by atoms with Crippen LogP contribution in [-0.4, -0.2) is 38.3 Å². The molecule has 2 aromatic rings. The molecule has 21 heavy (non-hydrogen) atoms. The van der Waals surface area contributed by atoms with Crippen LogP contribution >= 0.6 is 22.6 Å². The molecular formula is C14H17IN2O4. The second-order valence-electron chi connectivity index (χ2n) is 5.66. The lowest BCUT2D eigenvalue weighted by Gasteiger charge is -2.19. The van der Waals surface area contributed by atoms with Crippen LogP contribution in [0.1, 0.15) is 32.4 Å². The van der Waals surface area contributed by atoms with Crippen molar-refractivity contribution >= 4 is 39.6 Å². The van der Waals surface area contributed by atoms with E-state index in [9.17, 15) is 9.90 Å². The molecule has 0 saturated carbocycles. The molecule has 2 rings (SSSR count). The zero-order valence-corrected chi connectivity index (χ0v) is 14.2. The summed E-state index contributed by atoms with van der Waals surface area (Å²) in [6, 6.07) is 5.10. The highest BCUT2D eigenvalue weighted by atomic mass is 127. The Kier molecular flexibility index (Phi) is 4.54. The van der Waals surface area contributed by atoms with Crippen molar-refractivity contribution in [3.63, 3.8) is 0 Å². The summed E-state index contributed by atoms with van der Waals surface area (Å²) in [5.41, 5.74) is 0.438. The van der Waals surface area contributed by atoms with Crippen LogP contribution in [0.4, 0.5) is 4.79 Å². The number of hydrogen-bond acceptors (Lipinski definition) is 5. The van der Waals surface area contributed by atoms with Crippen molar-refractivity contribution in [1.82, 2.24) is 9.78 Å². The van der Waals surface area contributed by atoms with Crippen LogP contribution in [0.5, 0.6) is 0 Å². The number of fused-ring (bicyclic) bond motifs is 1. The maximum absolute atomic E-state index is 12.2. The number of hydrogen-bond donors (Lipinski definition) is 2. The van der Waals surface area contributed by atoms with E-state index in [0.29, 0.717) is 14.8 Å². The number of aliphatic hydroxyl groups is 2. The van der Waals surface area contributed by atoms with E-state index in [1.54, 1.807) is 39.0 Å². The topological polar surface area (TPSA) is 84.6 Å². The number of aromatic nitrogens is 2. The summed E-state index contributed by atoms with van der Waals surface area (Å²) in [4.78, 5) is 12.2. The molecule has 2 N–H and O–H groups in total. The van der Waals surface area contributed by atoms with Gasteiger partial charge in [0.2, 0.25) is 0 Å². The minimum Gasteiger partial charge on any atom is -0.442 e. The standard InChI is InChI=1S/C14H17IN2O4/c1-14(2,3)21-13(20)17-10-6-8(11(19)7-18)4-5-9(10)12(15)16-17/h4-6,11,18-19H,7H2,1-3H3. The fourth-order valence-electron chi connectivity index (χ4n) is 1.85. The SMILES string of the molecule is CC(C)(C)OC(=O)n1nc(I)c2ccc(C(O)CO)cc21. The first kappa shape index (κ1) is 16.2. The summed E-state index contributed by atoms with van der Waals surface area (Å²) < 4.78 is 7.16. The van der Waals surface area contributed by atoms with Gasteiger partial charge in [-0.15, -0.1) is 0 Å². The summed E-state index contributed by atoms with van der Waals surface area (Å²) in [6.45, 7) is 4.96. The Morgan fingerprint density at radius 2 is 2.14 bits per heavy atom. The molecule has 1 unspecified atom stereocenters. The molecule has 0 aliphatic heterocycles. The molecule has 1 aromatic heterocycles. The highest BCUT2D eigenvalue weighted by Crippen LogP contribution is 2.25. The van der Waals surface area contributed by atoms with Crippen molar-refractivity contribution in [2.24, 2.45) is 0 Å². The van der Waals surface area contributed by atoms with Crippen LogP contribution < -0.4 is 0 Å². The van der Waals surface area contributed by atoms with Gasteiger partial charge in [-0.25, -0.2) is 4.79 Å². The predicted octanol–water partition coefficient (Wildman–Crippen LogP) is 2.45. The Hall–Kier alpha value is -1.19. The van der Waals surface area contributed by atoms with Gasteiger partial charge in [0.05, 0.1) is 12.1 Å². The molecule has 1 aromatic carbocycles. The van der Waals surface area contributed by atoms with E-state index in [1.165, 1.54) is 4.68 Å². The van der Waals surface area contributed by atoms with Gasteiger partial charge in [0, 0.05) is 5.39 Å². The molecule has 1 atom stereocenters. The van der Waals surface area contributed by atoms with Crippen LogP contribution in [0.25, 0.3) is 10.9 Å². The normalized spacial score (nSPS) is 13.4. The van der Waals surface area contributed by atoms with Crippen LogP contribution in [0.15, 0.2) is 18.2 Å². The monoisotopic (exact) mass is 404 g/mol. The minimum absolute atomic E-state index is 0.386. The van der Waals surface area contributed by atoms with Crippen molar-refractivity contribution in [2.75, 3.05) is 6.61 Å². The molecule has 0 aliphatic rings. The van der Waals surface area contributed by atoms with Crippen LogP contribution in [0, 0.1) is 3.70 Å². The number of halogens is 1. The number of benzene rings is 1. The molecule has 0 amide bonds. The number of rotatable bonds is 2. The number of aliphatic hydroxyl groups excluding tert-OH is 2. The Bertz CT molecular complexity index is 675. The van der Waals surface area contributed by atoms with E-state index in [1.807, 2.05) is 22.6 Å². The quantitative estimate of drug-likeness (QED) is 0.752. The predicted molar refractivity (Wildman–Crippen MR) is 86.1 cm³/mol. The van der Waals surface area contributed by atoms with Gasteiger partial charge in [-0.3, -0.25) is 0 Å². The number of ether oxygens (including phenoxy) is 1. The van der Waals surface area contributed by atoms with Crippen molar-refractivity contribution in [2.45, 2.75) is 32.5 Å². The van der Waals surface area contributed by atoms with E-state index < -0.39 is 17.8 Å². The first-order valence-corrected chi connectivity index (χ1v) is 7.51. The Balaban J connectivity index is 2.51. The molecule has 0 bridgehead atoms. The van der Waals surface area contributed by atoms with Crippen LogP contribution in [0.3, 0.4) is 0 Å². The smallest absolute Gasteiger partial charge is 0.435 e. The van der Waals surface area contributed by atoms with Gasteiger partial charge in [0.1, 0.15) is 15.4 Å². The molecule has 6 nitrogen and oxygen atoms in total. The van der Waals surface area contributed by atoms with Crippen LogP contribution in [0.2, 0.25) is 0 Å². The van der Waals surface area contributed by atoms with Gasteiger partial charge < -0.3 is 14.9 Å². The lowest BCUT2D eigenvalue weighted by molar-refractivity contribution is 0.0522. The van der Waals surface area contributed by atoms with Crippen LogP contribution in [-0.2, 0) is 4.74 Å². The molecule has 0 spiro atoms. The molecular weight excluding hydrogens is 387 g/mol. The summed E-state index contributed by atoms with van der Waals surface area (Å²) in [7, 11) is 0. The molecule has 114 valence electrons. The van der Waals surface area contributed by atoms with E-state index in [4.69, 9.17) is 9.84 Å². The molecule has 0 radical (unpaired) electrons. The van der Waals surface area contributed by atoms with E-state index in [2.05, 4.69) is 5.10 Å². The second kappa shape index (κ2) is 5.90. The van der Waals surface area contributed by atoms with Gasteiger partial charge in [-0.05, 0) is 61.1 Å². The van der Waals surface area contributed by atoms with E-state index >= 15 is 0 Å². The number of carbonyl (C=O) groups is 1. The number of carbonyl (C=O) groups excluding carboxylic acids is 1. The van der Waals surface area contributed by atoms with E-state index in [0.717, 1.165) is 5.39 Å².